The molecular formula is C40H34BClN4O7S. The number of rotatable bonds is 5. The maximum absolute atomic E-state index is 15.0. The number of phenols is 1. The smallest absolute Gasteiger partial charge is 0.488 e. The van der Waals surface area contributed by atoms with Gasteiger partial charge < -0.3 is 15.2 Å². The number of aromatic hydroxyl groups is 1. The molecule has 2 saturated heterocycles. The molecule has 4 amide bonds. The molecule has 2 aromatic heterocycles. The summed E-state index contributed by atoms with van der Waals surface area (Å²) in [5.41, 5.74) is 2.09. The van der Waals surface area contributed by atoms with E-state index in [0.29, 0.717) is 22.1 Å². The molecule has 2 aliphatic heterocycles. The number of amides is 4. The van der Waals surface area contributed by atoms with Crippen LogP contribution in [-0.4, -0.2) is 55.7 Å². The number of anilines is 2. The van der Waals surface area contributed by atoms with Crippen molar-refractivity contribution >= 4 is 80.7 Å². The number of nitrogens with zero attached hydrogens (tertiary/aromatic N) is 4. The van der Waals surface area contributed by atoms with Crippen molar-refractivity contribution in [1.82, 2.24) is 9.78 Å². The summed E-state index contributed by atoms with van der Waals surface area (Å²) < 4.78 is 2.58. The van der Waals surface area contributed by atoms with Crippen molar-refractivity contribution in [1.29, 1.82) is 0 Å². The van der Waals surface area contributed by atoms with Crippen LogP contribution in [0.5, 0.6) is 5.75 Å². The van der Waals surface area contributed by atoms with Crippen molar-refractivity contribution in [2.75, 3.05) is 9.80 Å². The minimum Gasteiger partial charge on any atom is -0.508 e. The standard InChI is InChI=1S/C40H34BClN4O7S/c1-19-27-16-22(42)10-13-31(27)54-35(19)30-18-32(44(3)43-30)46-37(49)29-17-28-25(34(40(29,2)39(46)51)20-6-4-9-24(47)14-20)11-12-26-33(28)38(50)45(36(26)48)23-8-5-7-21(15-23)41(52)53/h4-11,13-16,18,26,28-29,33-34,47,52-53H,12,17H2,1-3H3. The third kappa shape index (κ3) is 4.84. The Balaban J connectivity index is 1.14. The Morgan fingerprint density at radius 2 is 1.70 bits per heavy atom. The van der Waals surface area contributed by atoms with Gasteiger partial charge in [0.15, 0.2) is 0 Å². The highest BCUT2D eigenvalue weighted by molar-refractivity contribution is 7.22. The van der Waals surface area contributed by atoms with Crippen molar-refractivity contribution < 1.29 is 34.3 Å². The molecule has 9 rings (SSSR count). The molecular weight excluding hydrogens is 727 g/mol. The minimum absolute atomic E-state index is 0.00166. The van der Waals surface area contributed by atoms with Gasteiger partial charge in [0.1, 0.15) is 17.3 Å². The molecule has 0 bridgehead atoms. The van der Waals surface area contributed by atoms with E-state index in [0.717, 1.165) is 31.0 Å². The summed E-state index contributed by atoms with van der Waals surface area (Å²) in [6.45, 7) is 3.79. The van der Waals surface area contributed by atoms with Crippen molar-refractivity contribution in [3.8, 4) is 16.3 Å². The van der Waals surface area contributed by atoms with Gasteiger partial charge in [0.2, 0.25) is 23.6 Å². The van der Waals surface area contributed by atoms with Gasteiger partial charge in [0.05, 0.1) is 33.7 Å². The predicted octanol–water partition coefficient (Wildman–Crippen LogP) is 5.08. The van der Waals surface area contributed by atoms with E-state index in [1.807, 2.05) is 37.3 Å². The Bertz CT molecular complexity index is 2510. The first kappa shape index (κ1) is 34.7. The number of benzene rings is 3. The van der Waals surface area contributed by atoms with Crippen LogP contribution in [0.15, 0.2) is 84.4 Å². The number of aromatic nitrogens is 2. The molecule has 6 atom stereocenters. The summed E-state index contributed by atoms with van der Waals surface area (Å²) in [4.78, 5) is 61.5. The molecule has 3 N–H and O–H groups in total. The molecule has 2 aliphatic carbocycles. The van der Waals surface area contributed by atoms with Gasteiger partial charge in [-0.15, -0.1) is 11.3 Å². The molecule has 11 nitrogen and oxygen atoms in total. The number of aryl methyl sites for hydroxylation is 2. The zero-order valence-corrected chi connectivity index (χ0v) is 31.0. The number of phenolic OH excluding ortho intramolecular Hbond substituents is 1. The van der Waals surface area contributed by atoms with Crippen molar-refractivity contribution in [2.24, 2.45) is 36.1 Å². The van der Waals surface area contributed by atoms with Crippen LogP contribution in [0, 0.1) is 36.0 Å². The number of carbonyl (C=O) groups excluding carboxylic acids is 4. The number of hydrogen-bond acceptors (Lipinski definition) is 9. The van der Waals surface area contributed by atoms with Crippen molar-refractivity contribution in [3.05, 3.63) is 101 Å². The van der Waals surface area contributed by atoms with Gasteiger partial charge in [-0.05, 0) is 97.0 Å². The Hall–Kier alpha value is -5.08. The fourth-order valence-electron chi connectivity index (χ4n) is 9.61. The van der Waals surface area contributed by atoms with Crippen LogP contribution in [0.3, 0.4) is 0 Å². The van der Waals surface area contributed by atoms with Crippen molar-refractivity contribution in [3.63, 3.8) is 0 Å². The molecule has 1 saturated carbocycles. The van der Waals surface area contributed by atoms with Crippen LogP contribution in [0.25, 0.3) is 20.7 Å². The first-order valence-corrected chi connectivity index (χ1v) is 18.9. The van der Waals surface area contributed by atoms with E-state index < -0.39 is 65.8 Å². The zero-order valence-electron chi connectivity index (χ0n) is 29.4. The predicted molar refractivity (Wildman–Crippen MR) is 205 cm³/mol. The number of allylic oxidation sites excluding steroid dienone is 2. The van der Waals surface area contributed by atoms with Gasteiger partial charge in [0.25, 0.3) is 0 Å². The number of fused-ring (bicyclic) bond motifs is 5. The fraction of sp³-hybridized carbons (Fsp3) is 0.275. The molecule has 0 radical (unpaired) electrons. The van der Waals surface area contributed by atoms with Gasteiger partial charge in [-0.25, -0.2) is 4.90 Å². The fourth-order valence-corrected chi connectivity index (χ4v) is 10.9. The van der Waals surface area contributed by atoms with E-state index in [1.54, 1.807) is 66.4 Å². The van der Waals surface area contributed by atoms with E-state index in [9.17, 15) is 29.5 Å². The van der Waals surface area contributed by atoms with Crippen LogP contribution in [0.2, 0.25) is 5.02 Å². The average Bonchev–Trinajstić information content (AvgIpc) is 3.81. The van der Waals surface area contributed by atoms with E-state index in [4.69, 9.17) is 16.7 Å². The number of hydrogen-bond donors (Lipinski definition) is 3. The second kappa shape index (κ2) is 12.2. The summed E-state index contributed by atoms with van der Waals surface area (Å²) in [5, 5.41) is 36.7. The first-order chi connectivity index (χ1) is 25.8. The second-order valence-electron chi connectivity index (χ2n) is 14.9. The molecule has 3 aromatic carbocycles. The highest BCUT2D eigenvalue weighted by Gasteiger charge is 2.68. The summed E-state index contributed by atoms with van der Waals surface area (Å²) >= 11 is 7.85. The lowest BCUT2D eigenvalue weighted by Gasteiger charge is -2.49. The largest absolute Gasteiger partial charge is 0.508 e. The molecule has 4 heterocycles. The van der Waals surface area contributed by atoms with E-state index in [1.165, 1.54) is 17.0 Å². The summed E-state index contributed by atoms with van der Waals surface area (Å²) in [5.74, 6) is -4.97. The van der Waals surface area contributed by atoms with E-state index >= 15 is 4.79 Å². The Labute approximate surface area is 319 Å². The average molecular weight is 761 g/mol. The topological polar surface area (TPSA) is 153 Å². The molecule has 4 aliphatic rings. The molecule has 5 aromatic rings. The highest BCUT2D eigenvalue weighted by atomic mass is 35.5. The third-order valence-electron chi connectivity index (χ3n) is 12.1. The quantitative estimate of drug-likeness (QED) is 0.127. The zero-order chi connectivity index (χ0) is 38.0. The first-order valence-electron chi connectivity index (χ1n) is 17.7. The monoisotopic (exact) mass is 760 g/mol. The highest BCUT2D eigenvalue weighted by Crippen LogP contribution is 2.64. The number of carbonyl (C=O) groups is 4. The van der Waals surface area contributed by atoms with Crippen LogP contribution < -0.4 is 15.3 Å². The summed E-state index contributed by atoms with van der Waals surface area (Å²) in [6, 6.07) is 20.2. The number of imide groups is 2. The molecule has 14 heteroatoms. The van der Waals surface area contributed by atoms with Crippen LogP contribution in [0.4, 0.5) is 11.5 Å². The van der Waals surface area contributed by atoms with Crippen LogP contribution >= 0.6 is 22.9 Å². The van der Waals surface area contributed by atoms with Gasteiger partial charge in [-0.1, -0.05) is 47.5 Å². The maximum Gasteiger partial charge on any atom is 0.488 e. The SMILES string of the molecule is Cc1c(-c2cc(N3C(=O)C4CC5C(=CCC6C(=O)N(c7cccc(B(O)O)c7)C(=O)C65)C(c5cccc(O)c5)C4(C)C3=O)n(C)n2)sc2ccc(Cl)cc12. The maximum atomic E-state index is 15.0. The number of halogens is 1. The molecule has 54 heavy (non-hydrogen) atoms. The van der Waals surface area contributed by atoms with Gasteiger partial charge in [-0.2, -0.15) is 5.10 Å². The van der Waals surface area contributed by atoms with E-state index in [-0.39, 0.29) is 29.7 Å². The Morgan fingerprint density at radius 3 is 2.46 bits per heavy atom. The second-order valence-corrected chi connectivity index (χ2v) is 16.4. The molecule has 6 unspecified atom stereocenters. The molecule has 0 spiro atoms. The summed E-state index contributed by atoms with van der Waals surface area (Å²) in [6.07, 6.45) is 2.35. The van der Waals surface area contributed by atoms with Gasteiger partial charge in [0, 0.05) is 28.8 Å². The summed E-state index contributed by atoms with van der Waals surface area (Å²) in [7, 11) is -0.0878. The van der Waals surface area contributed by atoms with Gasteiger partial charge >= 0.3 is 7.12 Å². The normalized spacial score (nSPS) is 26.3. The van der Waals surface area contributed by atoms with Crippen molar-refractivity contribution in [2.45, 2.75) is 32.6 Å². The lowest BCUT2D eigenvalue weighted by molar-refractivity contribution is -0.131. The Morgan fingerprint density at radius 1 is 0.926 bits per heavy atom. The minimum atomic E-state index is -1.79. The molecule has 272 valence electrons. The third-order valence-corrected chi connectivity index (χ3v) is 13.7. The van der Waals surface area contributed by atoms with E-state index in [2.05, 4.69) is 0 Å². The Kier molecular flexibility index (Phi) is 7.85. The lowest BCUT2D eigenvalue weighted by Crippen LogP contribution is -2.48. The molecule has 3 fully saturated rings. The van der Waals surface area contributed by atoms with Gasteiger partial charge in [-0.3, -0.25) is 28.8 Å². The lowest BCUT2D eigenvalue weighted by atomic mass is 9.51. The van der Waals surface area contributed by atoms with Crippen LogP contribution in [-0.2, 0) is 26.2 Å². The number of thiophene rings is 1. The van der Waals surface area contributed by atoms with Crippen LogP contribution in [0.1, 0.15) is 36.8 Å².